The molecule has 0 saturated carbocycles. The second kappa shape index (κ2) is 7.31. The van der Waals surface area contributed by atoms with Gasteiger partial charge in [0.1, 0.15) is 4.99 Å². The molecule has 1 aromatic carbocycles. The maximum Gasteiger partial charge on any atom is 0.215 e. The van der Waals surface area contributed by atoms with Crippen LogP contribution in [0.15, 0.2) is 24.3 Å². The Balaban J connectivity index is 1.92. The highest BCUT2D eigenvalue weighted by molar-refractivity contribution is 7.88. The van der Waals surface area contributed by atoms with Gasteiger partial charge in [-0.25, -0.2) is 13.1 Å². The monoisotopic (exact) mass is 328 g/mol. The lowest BCUT2D eigenvalue weighted by molar-refractivity contribution is 0.184. The number of hydrogen-bond donors (Lipinski definition) is 2. The molecule has 21 heavy (non-hydrogen) atoms. The van der Waals surface area contributed by atoms with Crippen LogP contribution in [-0.4, -0.2) is 33.2 Å². The third-order valence-corrected chi connectivity index (χ3v) is 5.08. The standard InChI is InChI=1S/C14H20N2O3S2/c15-14(20)13-4-2-1-3-12(13)10-21(17,18)16-7-5-11-6-8-19-9-11/h1-4,11,16H,5-10H2,(H2,15,20). The van der Waals surface area contributed by atoms with Gasteiger partial charge in [-0.05, 0) is 24.3 Å². The molecular formula is C14H20N2O3S2. The summed E-state index contributed by atoms with van der Waals surface area (Å²) in [4.78, 5) is 0.212. The van der Waals surface area contributed by atoms with Crippen LogP contribution in [0.2, 0.25) is 0 Å². The van der Waals surface area contributed by atoms with Gasteiger partial charge in [-0.15, -0.1) is 0 Å². The lowest BCUT2D eigenvalue weighted by Gasteiger charge is -2.11. The molecule has 2 rings (SSSR count). The van der Waals surface area contributed by atoms with Crippen molar-refractivity contribution in [2.75, 3.05) is 19.8 Å². The number of ether oxygens (including phenoxy) is 1. The number of nitrogens with two attached hydrogens (primary N) is 1. The summed E-state index contributed by atoms with van der Waals surface area (Å²) in [5.74, 6) is 0.346. The van der Waals surface area contributed by atoms with Crippen LogP contribution in [0, 0.1) is 5.92 Å². The van der Waals surface area contributed by atoms with Gasteiger partial charge in [0, 0.05) is 25.3 Å². The fourth-order valence-electron chi connectivity index (χ4n) is 2.37. The summed E-state index contributed by atoms with van der Waals surface area (Å²) >= 11 is 4.95. The van der Waals surface area contributed by atoms with Gasteiger partial charge in [0.25, 0.3) is 0 Å². The normalized spacial score (nSPS) is 18.8. The van der Waals surface area contributed by atoms with Crippen molar-refractivity contribution in [1.82, 2.24) is 4.72 Å². The Morgan fingerprint density at radius 1 is 1.43 bits per heavy atom. The molecule has 0 amide bonds. The fraction of sp³-hybridized carbons (Fsp3) is 0.500. The molecule has 1 heterocycles. The Morgan fingerprint density at radius 2 is 2.19 bits per heavy atom. The van der Waals surface area contributed by atoms with E-state index in [4.69, 9.17) is 22.7 Å². The van der Waals surface area contributed by atoms with Crippen LogP contribution in [-0.2, 0) is 20.5 Å². The Kier molecular flexibility index (Phi) is 5.69. The molecule has 5 nitrogen and oxygen atoms in total. The summed E-state index contributed by atoms with van der Waals surface area (Å²) in [5.41, 5.74) is 6.86. The summed E-state index contributed by atoms with van der Waals surface area (Å²) in [5, 5.41) is 0. The van der Waals surface area contributed by atoms with Crippen LogP contribution in [0.3, 0.4) is 0 Å². The van der Waals surface area contributed by atoms with E-state index >= 15 is 0 Å². The second-order valence-electron chi connectivity index (χ2n) is 5.19. The Morgan fingerprint density at radius 3 is 2.86 bits per heavy atom. The third kappa shape index (κ3) is 5.03. The maximum absolute atomic E-state index is 12.1. The minimum atomic E-state index is -3.39. The van der Waals surface area contributed by atoms with Crippen molar-refractivity contribution in [2.24, 2.45) is 11.7 Å². The van der Waals surface area contributed by atoms with Gasteiger partial charge in [0.05, 0.1) is 5.75 Å². The molecule has 7 heteroatoms. The molecule has 1 aliphatic heterocycles. The van der Waals surface area contributed by atoms with Crippen molar-refractivity contribution in [3.8, 4) is 0 Å². The first-order chi connectivity index (χ1) is 9.98. The third-order valence-electron chi connectivity index (χ3n) is 3.53. The van der Waals surface area contributed by atoms with Crippen molar-refractivity contribution in [2.45, 2.75) is 18.6 Å². The average Bonchev–Trinajstić information content (AvgIpc) is 2.91. The van der Waals surface area contributed by atoms with Crippen molar-refractivity contribution >= 4 is 27.2 Å². The zero-order chi connectivity index (χ0) is 15.3. The number of sulfonamides is 1. The molecule has 1 saturated heterocycles. The van der Waals surface area contributed by atoms with Gasteiger partial charge in [-0.1, -0.05) is 36.5 Å². The van der Waals surface area contributed by atoms with Crippen molar-refractivity contribution in [3.05, 3.63) is 35.4 Å². The van der Waals surface area contributed by atoms with E-state index < -0.39 is 10.0 Å². The molecule has 0 aromatic heterocycles. The molecule has 0 spiro atoms. The lowest BCUT2D eigenvalue weighted by atomic mass is 10.1. The van der Waals surface area contributed by atoms with Gasteiger partial charge < -0.3 is 10.5 Å². The van der Waals surface area contributed by atoms with Gasteiger partial charge in [0.2, 0.25) is 10.0 Å². The van der Waals surface area contributed by atoms with E-state index in [0.717, 1.165) is 26.1 Å². The van der Waals surface area contributed by atoms with Crippen molar-refractivity contribution < 1.29 is 13.2 Å². The largest absolute Gasteiger partial charge is 0.389 e. The number of benzene rings is 1. The zero-order valence-electron chi connectivity index (χ0n) is 11.7. The highest BCUT2D eigenvalue weighted by Crippen LogP contribution is 2.16. The SMILES string of the molecule is NC(=S)c1ccccc1CS(=O)(=O)NCCC1CCOC1. The summed E-state index contributed by atoms with van der Waals surface area (Å²) in [6, 6.07) is 7.04. The van der Waals surface area contributed by atoms with Crippen LogP contribution in [0.4, 0.5) is 0 Å². The number of nitrogens with one attached hydrogen (secondary N) is 1. The number of rotatable bonds is 7. The van der Waals surface area contributed by atoms with Gasteiger partial charge in [-0.2, -0.15) is 0 Å². The van der Waals surface area contributed by atoms with Gasteiger partial charge >= 0.3 is 0 Å². The number of hydrogen-bond acceptors (Lipinski definition) is 4. The lowest BCUT2D eigenvalue weighted by Crippen LogP contribution is -2.28. The second-order valence-corrected chi connectivity index (χ2v) is 7.44. The van der Waals surface area contributed by atoms with Gasteiger partial charge in [-0.3, -0.25) is 0 Å². The Bertz CT molecular complexity index is 596. The van der Waals surface area contributed by atoms with Crippen molar-refractivity contribution in [3.63, 3.8) is 0 Å². The van der Waals surface area contributed by atoms with E-state index in [2.05, 4.69) is 4.72 Å². The molecule has 0 bridgehead atoms. The summed E-state index contributed by atoms with van der Waals surface area (Å²) < 4.78 is 32.1. The topological polar surface area (TPSA) is 81.4 Å². The summed E-state index contributed by atoms with van der Waals surface area (Å²) in [6.45, 7) is 1.94. The van der Waals surface area contributed by atoms with Crippen LogP contribution < -0.4 is 10.5 Å². The molecule has 0 aliphatic carbocycles. The van der Waals surface area contributed by atoms with Crippen LogP contribution in [0.5, 0.6) is 0 Å². The Hall–Kier alpha value is -1.02. The first-order valence-electron chi connectivity index (χ1n) is 6.91. The molecule has 3 N–H and O–H groups in total. The molecular weight excluding hydrogens is 308 g/mol. The fourth-order valence-corrected chi connectivity index (χ4v) is 3.76. The minimum Gasteiger partial charge on any atom is -0.389 e. The minimum absolute atomic E-state index is 0.109. The van der Waals surface area contributed by atoms with E-state index in [9.17, 15) is 8.42 Å². The summed E-state index contributed by atoms with van der Waals surface area (Å²) in [7, 11) is -3.39. The maximum atomic E-state index is 12.1. The Labute approximate surface area is 130 Å². The average molecular weight is 328 g/mol. The molecule has 1 aromatic rings. The molecule has 1 atom stereocenters. The smallest absolute Gasteiger partial charge is 0.215 e. The first-order valence-corrected chi connectivity index (χ1v) is 8.97. The number of thiocarbonyl (C=S) groups is 1. The zero-order valence-corrected chi connectivity index (χ0v) is 13.4. The van der Waals surface area contributed by atoms with E-state index in [1.54, 1.807) is 24.3 Å². The summed E-state index contributed by atoms with van der Waals surface area (Å²) in [6.07, 6.45) is 1.81. The van der Waals surface area contributed by atoms with Crippen molar-refractivity contribution in [1.29, 1.82) is 0 Å². The van der Waals surface area contributed by atoms with E-state index in [1.165, 1.54) is 0 Å². The molecule has 116 valence electrons. The van der Waals surface area contributed by atoms with Crippen LogP contribution in [0.1, 0.15) is 24.0 Å². The van der Waals surface area contributed by atoms with Crippen LogP contribution in [0.25, 0.3) is 0 Å². The molecule has 1 unspecified atom stereocenters. The highest BCUT2D eigenvalue weighted by Gasteiger charge is 2.18. The predicted molar refractivity (Wildman–Crippen MR) is 86.5 cm³/mol. The quantitative estimate of drug-likeness (QED) is 0.734. The molecule has 0 radical (unpaired) electrons. The molecule has 1 fully saturated rings. The molecule has 1 aliphatic rings. The van der Waals surface area contributed by atoms with E-state index in [0.29, 0.717) is 23.6 Å². The van der Waals surface area contributed by atoms with E-state index in [-0.39, 0.29) is 10.7 Å². The first kappa shape index (κ1) is 16.4. The van der Waals surface area contributed by atoms with E-state index in [1.807, 2.05) is 0 Å². The highest BCUT2D eigenvalue weighted by atomic mass is 32.2. The van der Waals surface area contributed by atoms with Crippen LogP contribution >= 0.6 is 12.2 Å². The predicted octanol–water partition coefficient (Wildman–Crippen LogP) is 1.17. The van der Waals surface area contributed by atoms with Gasteiger partial charge in [0.15, 0.2) is 0 Å².